The quantitative estimate of drug-likeness (QED) is 0.192. The number of pyridine rings is 2. The second kappa shape index (κ2) is 18.3. The fourth-order valence-corrected chi connectivity index (χ4v) is 6.36. The number of aromatic nitrogens is 2. The summed E-state index contributed by atoms with van der Waals surface area (Å²) in [5, 5.41) is 1.25. The monoisotopic (exact) mass is 751 g/mol. The Morgan fingerprint density at radius 3 is 2.04 bits per heavy atom. The Morgan fingerprint density at radius 1 is 0.783 bits per heavy atom. The molecule has 242 valence electrons. The van der Waals surface area contributed by atoms with E-state index in [0.717, 1.165) is 36.6 Å². The molecule has 46 heavy (non-hydrogen) atoms. The molecule has 0 amide bonds. The summed E-state index contributed by atoms with van der Waals surface area (Å²) in [6.45, 7) is 6.22. The van der Waals surface area contributed by atoms with Crippen LogP contribution in [0.1, 0.15) is 39.1 Å². The molecule has 1 unspecified atom stereocenters. The summed E-state index contributed by atoms with van der Waals surface area (Å²) in [6, 6.07) is 28.6. The van der Waals surface area contributed by atoms with Crippen molar-refractivity contribution >= 4 is 35.3 Å². The van der Waals surface area contributed by atoms with Crippen molar-refractivity contribution in [2.24, 2.45) is 0 Å². The van der Waals surface area contributed by atoms with Crippen LogP contribution in [-0.4, -0.2) is 33.5 Å². The zero-order valence-corrected chi connectivity index (χ0v) is 29.1. The molecule has 2 aliphatic rings. The number of benzene rings is 2. The van der Waals surface area contributed by atoms with E-state index < -0.39 is 0 Å². The van der Waals surface area contributed by atoms with Gasteiger partial charge >= 0.3 is 0 Å². The van der Waals surface area contributed by atoms with E-state index in [-0.39, 0.29) is 37.6 Å². The highest BCUT2D eigenvalue weighted by molar-refractivity contribution is 8.03. The Bertz CT molecular complexity index is 1640. The van der Waals surface area contributed by atoms with Gasteiger partial charge in [-0.05, 0) is 56.3 Å². The number of anilines is 2. The number of fused-ring (bicyclic) bond motifs is 2. The lowest BCUT2D eigenvalue weighted by Crippen LogP contribution is -3.00. The van der Waals surface area contributed by atoms with Crippen LogP contribution >= 0.6 is 11.8 Å². The molecule has 7 nitrogen and oxygen atoms in total. The molecule has 1 atom stereocenters. The van der Waals surface area contributed by atoms with Gasteiger partial charge in [-0.25, -0.2) is 0 Å². The lowest BCUT2D eigenvalue weighted by atomic mass is 10.2. The highest BCUT2D eigenvalue weighted by Crippen LogP contribution is 2.45. The van der Waals surface area contributed by atoms with Crippen LogP contribution in [-0.2, 0) is 0 Å². The summed E-state index contributed by atoms with van der Waals surface area (Å²) in [4.78, 5) is 16.5. The minimum absolute atomic E-state index is 0. The zero-order chi connectivity index (χ0) is 30.7. The summed E-state index contributed by atoms with van der Waals surface area (Å²) in [7, 11) is 3.32. The molecule has 0 saturated carbocycles. The first-order chi connectivity index (χ1) is 21.7. The van der Waals surface area contributed by atoms with Crippen LogP contribution in [0.5, 0.6) is 5.75 Å². The van der Waals surface area contributed by atoms with Crippen molar-refractivity contribution in [3.63, 3.8) is 0 Å². The van der Waals surface area contributed by atoms with Gasteiger partial charge in [0.25, 0.3) is 11.4 Å². The summed E-state index contributed by atoms with van der Waals surface area (Å²) in [6.07, 6.45) is 15.1. The molecule has 0 N–H and O–H groups in total. The van der Waals surface area contributed by atoms with Crippen LogP contribution in [0.4, 0.5) is 11.4 Å². The Kier molecular flexibility index (Phi) is 14.5. The molecule has 9 heteroatoms. The number of thioether (sulfide) groups is 1. The fourth-order valence-electron chi connectivity index (χ4n) is 5.22. The molecule has 0 spiro atoms. The van der Waals surface area contributed by atoms with Gasteiger partial charge in [-0.1, -0.05) is 55.6 Å². The van der Waals surface area contributed by atoms with Gasteiger partial charge in [0.05, 0.1) is 16.4 Å². The van der Waals surface area contributed by atoms with Crippen LogP contribution in [0, 0.1) is 0 Å². The third-order valence-electron chi connectivity index (χ3n) is 7.31. The lowest BCUT2D eigenvalue weighted by Gasteiger charge is -2.22. The number of hydrogen-bond donors (Lipinski definition) is 0. The Hall–Kier alpha value is -3.96. The minimum Gasteiger partial charge on any atom is -1.00 e. The smallest absolute Gasteiger partial charge is 0.257 e. The van der Waals surface area contributed by atoms with Crippen molar-refractivity contribution in [2.45, 2.75) is 38.8 Å². The molecule has 4 aromatic rings. The normalized spacial score (nSPS) is 15.4. The van der Waals surface area contributed by atoms with Crippen LogP contribution in [0.25, 0.3) is 12.2 Å². The van der Waals surface area contributed by atoms with Gasteiger partial charge in [0.1, 0.15) is 20.0 Å². The fraction of sp³-hybridized carbons (Fsp3) is 0.243. The van der Waals surface area contributed by atoms with Crippen molar-refractivity contribution in [3.8, 4) is 5.75 Å². The van der Waals surface area contributed by atoms with Crippen LogP contribution < -0.4 is 57.6 Å². The highest BCUT2D eigenvalue weighted by atomic mass is 127. The maximum Gasteiger partial charge on any atom is 0.257 e. The molecule has 2 aromatic heterocycles. The molecular weight excluding hydrogens is 707 g/mol. The van der Waals surface area contributed by atoms with Gasteiger partial charge in [-0.2, -0.15) is 0 Å². The summed E-state index contributed by atoms with van der Waals surface area (Å²) in [5.74, 6) is 0.967. The first-order valence-corrected chi connectivity index (χ1v) is 15.7. The van der Waals surface area contributed by atoms with Crippen LogP contribution in [0.2, 0.25) is 0 Å². The molecule has 0 aliphatic carbocycles. The second-order valence-electron chi connectivity index (χ2n) is 9.91. The molecule has 4 heterocycles. The predicted molar refractivity (Wildman–Crippen MR) is 185 cm³/mol. The number of halogens is 1. The number of para-hydroxylation sites is 3. The molecule has 0 saturated heterocycles. The molecule has 6 rings (SSSR count). The summed E-state index contributed by atoms with van der Waals surface area (Å²) in [5.41, 5.74) is 4.48. The SMILES string of the molecule is C.CCN1C(=CC=Cc2cccc[n+]2OC)Sc2ccccc21.CCN1c2ccccc2OC1CC=Cc1cccc[n+]1OC.[I-]. The van der Waals surface area contributed by atoms with Crippen molar-refractivity contribution < 1.29 is 47.8 Å². The second-order valence-corrected chi connectivity index (χ2v) is 11.0. The van der Waals surface area contributed by atoms with E-state index in [2.05, 4.69) is 84.3 Å². The van der Waals surface area contributed by atoms with Gasteiger partial charge in [-0.3, -0.25) is 9.68 Å². The van der Waals surface area contributed by atoms with Crippen LogP contribution in [0.15, 0.2) is 125 Å². The van der Waals surface area contributed by atoms with E-state index in [1.165, 1.54) is 21.3 Å². The standard InChI is InChI=1S/C18H21N2O2.C18H19N2OS.CH4.HI/c2*1-3-19-16-11-4-5-12-17(16)22-18(19)13-8-10-15-9-6-7-14-20(15)21-2;;/h4-12,14,18H,3,13H2,1-2H3;4-14H,3H2,1-2H3;1H4;1H/q2*+1;;/p-1. The highest BCUT2D eigenvalue weighted by Gasteiger charge is 2.28. The zero-order valence-electron chi connectivity index (χ0n) is 26.1. The van der Waals surface area contributed by atoms with Gasteiger partial charge in [0, 0.05) is 70.3 Å². The third kappa shape index (κ3) is 8.64. The van der Waals surface area contributed by atoms with Crippen molar-refractivity contribution in [1.82, 2.24) is 0 Å². The van der Waals surface area contributed by atoms with E-state index in [1.807, 2.05) is 78.8 Å². The molecule has 0 fully saturated rings. The Labute approximate surface area is 295 Å². The predicted octanol–water partition coefficient (Wildman–Crippen LogP) is 3.84. The number of ether oxygens (including phenoxy) is 1. The molecular formula is C37H44IN4O3S+. The maximum atomic E-state index is 6.04. The minimum atomic E-state index is 0. The molecule has 0 bridgehead atoms. The van der Waals surface area contributed by atoms with Crippen molar-refractivity contribution in [1.29, 1.82) is 0 Å². The average molecular weight is 752 g/mol. The van der Waals surface area contributed by atoms with Gasteiger partial charge in [-0.15, -0.1) is 0 Å². The molecule has 2 aliphatic heterocycles. The summed E-state index contributed by atoms with van der Waals surface area (Å²) < 4.78 is 9.52. The number of rotatable bonds is 9. The number of nitrogens with zero attached hydrogens (tertiary/aromatic N) is 4. The van der Waals surface area contributed by atoms with Gasteiger partial charge < -0.3 is 38.5 Å². The van der Waals surface area contributed by atoms with Crippen molar-refractivity contribution in [3.05, 3.63) is 132 Å². The maximum absolute atomic E-state index is 6.04. The van der Waals surface area contributed by atoms with E-state index >= 15 is 0 Å². The topological polar surface area (TPSA) is 41.9 Å². The lowest BCUT2D eigenvalue weighted by molar-refractivity contribution is -0.886. The number of hydrogen-bond acceptors (Lipinski definition) is 6. The summed E-state index contributed by atoms with van der Waals surface area (Å²) >= 11 is 1.81. The largest absolute Gasteiger partial charge is 1.00 e. The van der Waals surface area contributed by atoms with Gasteiger partial charge in [0.15, 0.2) is 6.23 Å². The molecule has 0 radical (unpaired) electrons. The Morgan fingerprint density at radius 2 is 1.39 bits per heavy atom. The third-order valence-corrected chi connectivity index (χ3v) is 8.44. The van der Waals surface area contributed by atoms with E-state index in [1.54, 1.807) is 23.7 Å². The van der Waals surface area contributed by atoms with E-state index in [4.69, 9.17) is 14.4 Å². The van der Waals surface area contributed by atoms with E-state index in [9.17, 15) is 0 Å². The van der Waals surface area contributed by atoms with Crippen LogP contribution in [0.3, 0.4) is 0 Å². The van der Waals surface area contributed by atoms with Gasteiger partial charge in [0.2, 0.25) is 12.4 Å². The van der Waals surface area contributed by atoms with Crippen molar-refractivity contribution in [2.75, 3.05) is 37.1 Å². The Balaban J connectivity index is 0.000000240. The average Bonchev–Trinajstić information content (AvgIpc) is 3.62. The first-order valence-electron chi connectivity index (χ1n) is 14.9. The molecule has 2 aromatic carbocycles. The number of allylic oxidation sites excluding steroid dienone is 2. The van der Waals surface area contributed by atoms with E-state index in [0.29, 0.717) is 0 Å². The first kappa shape index (κ1) is 36.5.